The number of likely N-dealkylation sites (tertiary alicyclic amines) is 2. The maximum Gasteiger partial charge on any atom is 0.324 e. The highest BCUT2D eigenvalue weighted by Crippen LogP contribution is 2.53. The van der Waals surface area contributed by atoms with Gasteiger partial charge in [0.05, 0.1) is 0 Å². The molecule has 2 saturated heterocycles. The smallest absolute Gasteiger partial charge is 0.324 e. The van der Waals surface area contributed by atoms with E-state index in [0.29, 0.717) is 31.4 Å². The zero-order valence-electron chi connectivity index (χ0n) is 33.1. The number of hydrogen-bond acceptors (Lipinski definition) is 7. The minimum Gasteiger partial charge on any atom is -0.507 e. The van der Waals surface area contributed by atoms with Gasteiger partial charge in [0.15, 0.2) is 5.41 Å². The maximum absolute atomic E-state index is 14.9. The average molecular weight is 683 g/mol. The van der Waals surface area contributed by atoms with E-state index in [1.165, 1.54) is 0 Å². The molecule has 1 saturated carbocycles. The maximum atomic E-state index is 14.9. The zero-order valence-corrected chi connectivity index (χ0v) is 33.1. The molecule has 278 valence electrons. The standard InChI is InChI=1S/C42H70N2O5/c1-12-15-18-31-23-30(24-32(35(31)45)19-16-13-2)25-42(20-17-14-3,36(46)48-33-26-38(4,5)43(10)39(6,7)27-33)37(47)49-34-28-40(8,9)44(11)41(29-34)21-22-41/h23-24,33-34,45H,12-22,25-29H2,1-11H3. The van der Waals surface area contributed by atoms with E-state index < -0.39 is 17.4 Å². The van der Waals surface area contributed by atoms with Crippen LogP contribution in [-0.2, 0) is 38.3 Å². The summed E-state index contributed by atoms with van der Waals surface area (Å²) in [5.74, 6) is -0.510. The summed E-state index contributed by atoms with van der Waals surface area (Å²) in [6.45, 7) is 19.7. The topological polar surface area (TPSA) is 79.3 Å². The minimum atomic E-state index is -1.47. The van der Waals surface area contributed by atoms with Crippen molar-refractivity contribution in [3.63, 3.8) is 0 Å². The Hall–Kier alpha value is -2.12. The van der Waals surface area contributed by atoms with Crippen molar-refractivity contribution in [2.24, 2.45) is 5.41 Å². The third-order valence-corrected chi connectivity index (χ3v) is 12.8. The normalized spacial score (nSPS) is 24.3. The Labute approximate surface area is 298 Å². The van der Waals surface area contributed by atoms with Gasteiger partial charge in [0.25, 0.3) is 0 Å². The largest absolute Gasteiger partial charge is 0.507 e. The molecule has 3 aliphatic rings. The molecule has 0 radical (unpaired) electrons. The van der Waals surface area contributed by atoms with E-state index in [0.717, 1.165) is 87.3 Å². The SMILES string of the molecule is CCCCc1cc(CC(CCCC)(C(=O)OC2CC(C)(C)N(C)C(C)(C)C2)C(=O)OC2CC(C)(C)N(C)C3(CC3)C2)cc(CCCC)c1O. The lowest BCUT2D eigenvalue weighted by molar-refractivity contribution is -0.187. The van der Waals surface area contributed by atoms with Gasteiger partial charge in [0.1, 0.15) is 18.0 Å². The monoisotopic (exact) mass is 683 g/mol. The molecule has 3 fully saturated rings. The number of phenols is 1. The molecule has 1 aliphatic carbocycles. The molecule has 0 bridgehead atoms. The van der Waals surface area contributed by atoms with Crippen molar-refractivity contribution in [1.82, 2.24) is 9.80 Å². The number of aryl methyl sites for hydroxylation is 2. The summed E-state index contributed by atoms with van der Waals surface area (Å²) in [6, 6.07) is 4.09. The number of aromatic hydroxyl groups is 1. The number of esters is 2. The third-order valence-electron chi connectivity index (χ3n) is 12.8. The Morgan fingerprint density at radius 3 is 1.59 bits per heavy atom. The van der Waals surface area contributed by atoms with Gasteiger partial charge in [-0.1, -0.05) is 58.6 Å². The molecule has 2 atom stereocenters. The fourth-order valence-corrected chi connectivity index (χ4v) is 9.02. The first-order valence-electron chi connectivity index (χ1n) is 19.6. The Bertz CT molecular complexity index is 1210. The first-order chi connectivity index (χ1) is 22.9. The second-order valence-corrected chi connectivity index (χ2v) is 18.0. The fraction of sp³-hybridized carbons (Fsp3) is 0.810. The van der Waals surface area contributed by atoms with Crippen LogP contribution in [0.25, 0.3) is 0 Å². The van der Waals surface area contributed by atoms with Gasteiger partial charge >= 0.3 is 11.9 Å². The van der Waals surface area contributed by atoms with Crippen LogP contribution in [0.4, 0.5) is 0 Å². The van der Waals surface area contributed by atoms with Crippen LogP contribution in [0, 0.1) is 5.41 Å². The molecule has 2 aliphatic heterocycles. The molecular weight excluding hydrogens is 612 g/mol. The van der Waals surface area contributed by atoms with E-state index in [1.54, 1.807) is 0 Å². The first-order valence-corrected chi connectivity index (χ1v) is 19.6. The van der Waals surface area contributed by atoms with Gasteiger partial charge in [-0.05, 0) is 124 Å². The van der Waals surface area contributed by atoms with Crippen molar-refractivity contribution in [2.75, 3.05) is 14.1 Å². The van der Waals surface area contributed by atoms with E-state index in [9.17, 15) is 14.7 Å². The summed E-state index contributed by atoms with van der Waals surface area (Å²) in [5.41, 5.74) is 0.866. The van der Waals surface area contributed by atoms with Crippen LogP contribution in [0.1, 0.15) is 162 Å². The lowest BCUT2D eigenvalue weighted by Gasteiger charge is -2.53. The van der Waals surface area contributed by atoms with Gasteiger partial charge in [-0.25, -0.2) is 0 Å². The van der Waals surface area contributed by atoms with Gasteiger partial charge in [-0.3, -0.25) is 19.4 Å². The number of phenolic OH excluding ortho intramolecular Hbond substituents is 1. The molecule has 0 aromatic heterocycles. The summed E-state index contributed by atoms with van der Waals surface area (Å²) < 4.78 is 13.1. The molecule has 4 rings (SSSR count). The predicted molar refractivity (Wildman–Crippen MR) is 199 cm³/mol. The molecule has 49 heavy (non-hydrogen) atoms. The number of ether oxygens (including phenoxy) is 2. The number of nitrogens with zero attached hydrogens (tertiary/aromatic N) is 2. The van der Waals surface area contributed by atoms with E-state index in [2.05, 4.69) is 86.2 Å². The van der Waals surface area contributed by atoms with Gasteiger partial charge < -0.3 is 14.6 Å². The van der Waals surface area contributed by atoms with Gasteiger partial charge in [-0.15, -0.1) is 0 Å². The van der Waals surface area contributed by atoms with Crippen LogP contribution < -0.4 is 0 Å². The molecule has 2 heterocycles. The molecule has 0 amide bonds. The van der Waals surface area contributed by atoms with E-state index in [-0.39, 0.29) is 40.8 Å². The number of piperidine rings is 2. The Morgan fingerprint density at radius 2 is 1.16 bits per heavy atom. The van der Waals surface area contributed by atoms with Crippen LogP contribution in [-0.4, -0.2) is 75.3 Å². The lowest BCUT2D eigenvalue weighted by atomic mass is 9.75. The second-order valence-electron chi connectivity index (χ2n) is 18.0. The van der Waals surface area contributed by atoms with Crippen molar-refractivity contribution < 1.29 is 24.2 Å². The van der Waals surface area contributed by atoms with Crippen molar-refractivity contribution in [3.8, 4) is 5.75 Å². The molecule has 1 spiro atoms. The highest BCUT2D eigenvalue weighted by Gasteiger charge is 2.58. The second kappa shape index (κ2) is 15.2. The number of benzene rings is 1. The molecular formula is C42H70N2O5. The van der Waals surface area contributed by atoms with Crippen LogP contribution >= 0.6 is 0 Å². The highest BCUT2D eigenvalue weighted by atomic mass is 16.6. The zero-order chi connectivity index (χ0) is 36.4. The number of hydrogen-bond donors (Lipinski definition) is 1. The minimum absolute atomic E-state index is 0.0733. The van der Waals surface area contributed by atoms with Gasteiger partial charge in [0.2, 0.25) is 0 Å². The van der Waals surface area contributed by atoms with E-state index >= 15 is 0 Å². The summed E-state index contributed by atoms with van der Waals surface area (Å²) in [5, 5.41) is 11.3. The molecule has 1 N–H and O–H groups in total. The summed E-state index contributed by atoms with van der Waals surface area (Å²) in [6.07, 6.45) is 12.2. The molecule has 1 aromatic carbocycles. The molecule has 2 unspecified atom stereocenters. The van der Waals surface area contributed by atoms with Crippen molar-refractivity contribution in [2.45, 2.75) is 199 Å². The number of unbranched alkanes of at least 4 members (excludes halogenated alkanes) is 3. The molecule has 1 aromatic rings. The summed E-state index contributed by atoms with van der Waals surface area (Å²) in [4.78, 5) is 34.7. The number of carbonyl (C=O) groups excluding carboxylic acids is 2. The Balaban J connectivity index is 1.77. The van der Waals surface area contributed by atoms with Crippen LogP contribution in [0.3, 0.4) is 0 Å². The van der Waals surface area contributed by atoms with Gasteiger partial charge in [0, 0.05) is 47.8 Å². The van der Waals surface area contributed by atoms with Crippen molar-refractivity contribution >= 4 is 11.9 Å². The highest BCUT2D eigenvalue weighted by molar-refractivity contribution is 6.00. The van der Waals surface area contributed by atoms with Crippen molar-refractivity contribution in [1.29, 1.82) is 0 Å². The van der Waals surface area contributed by atoms with E-state index in [1.807, 2.05) is 12.1 Å². The predicted octanol–water partition coefficient (Wildman–Crippen LogP) is 8.94. The fourth-order valence-electron chi connectivity index (χ4n) is 9.02. The Kier molecular flexibility index (Phi) is 12.3. The Morgan fingerprint density at radius 1 is 0.735 bits per heavy atom. The van der Waals surface area contributed by atoms with Crippen LogP contribution in [0.15, 0.2) is 12.1 Å². The third kappa shape index (κ3) is 8.68. The van der Waals surface area contributed by atoms with Crippen LogP contribution in [0.5, 0.6) is 5.75 Å². The lowest BCUT2D eigenvalue weighted by Crippen LogP contribution is -2.61. The molecule has 7 nitrogen and oxygen atoms in total. The van der Waals surface area contributed by atoms with E-state index in [4.69, 9.17) is 9.47 Å². The number of rotatable bonds is 15. The average Bonchev–Trinajstić information content (AvgIpc) is 3.79. The molecule has 7 heteroatoms. The first kappa shape index (κ1) is 39.7. The van der Waals surface area contributed by atoms with Crippen LogP contribution in [0.2, 0.25) is 0 Å². The number of carbonyl (C=O) groups is 2. The van der Waals surface area contributed by atoms with Gasteiger partial charge in [-0.2, -0.15) is 0 Å². The quantitative estimate of drug-likeness (QED) is 0.146. The summed E-state index contributed by atoms with van der Waals surface area (Å²) in [7, 11) is 4.35. The van der Waals surface area contributed by atoms with Crippen molar-refractivity contribution in [3.05, 3.63) is 28.8 Å². The summed E-state index contributed by atoms with van der Waals surface area (Å²) >= 11 is 0.